The lowest BCUT2D eigenvalue weighted by atomic mass is 10.2. The van der Waals surface area contributed by atoms with Crippen molar-refractivity contribution < 1.29 is 23.4 Å². The molecule has 0 fully saturated rings. The molecule has 2 atom stereocenters. The lowest BCUT2D eigenvalue weighted by molar-refractivity contribution is -0.128. The number of carbonyl (C=O) groups excluding carboxylic acids is 1. The van der Waals surface area contributed by atoms with Gasteiger partial charge in [0.15, 0.2) is 17.6 Å². The lowest BCUT2D eigenvalue weighted by Crippen LogP contribution is -2.45. The minimum Gasteiger partial charge on any atom is -0.486 e. The molecule has 6 heteroatoms. The van der Waals surface area contributed by atoms with Gasteiger partial charge < -0.3 is 19.5 Å². The van der Waals surface area contributed by atoms with Crippen molar-refractivity contribution in [2.24, 2.45) is 0 Å². The minimum atomic E-state index is -0.651. The molecule has 0 radical (unpaired) electrons. The van der Waals surface area contributed by atoms with Gasteiger partial charge in [0.05, 0.1) is 6.54 Å². The first-order chi connectivity index (χ1) is 12.2. The number of hydrogen-bond donors (Lipinski definition) is 1. The van der Waals surface area contributed by atoms with Crippen LogP contribution in [0.3, 0.4) is 0 Å². The fraction of sp³-hybridized carbons (Fsp3) is 0.316. The van der Waals surface area contributed by atoms with E-state index in [0.29, 0.717) is 36.8 Å². The molecule has 1 heterocycles. The maximum absolute atomic E-state index is 12.9. The Bertz CT molecular complexity index is 720. The van der Waals surface area contributed by atoms with Crippen LogP contribution in [0.1, 0.15) is 13.3 Å². The van der Waals surface area contributed by atoms with Crippen molar-refractivity contribution in [2.75, 3.05) is 13.2 Å². The largest absolute Gasteiger partial charge is 0.486 e. The van der Waals surface area contributed by atoms with Crippen molar-refractivity contribution in [2.45, 2.75) is 25.6 Å². The van der Waals surface area contributed by atoms with Crippen molar-refractivity contribution in [3.63, 3.8) is 0 Å². The van der Waals surface area contributed by atoms with E-state index in [0.717, 1.165) is 0 Å². The molecule has 5 nitrogen and oxygen atoms in total. The van der Waals surface area contributed by atoms with Crippen LogP contribution in [0.4, 0.5) is 4.39 Å². The number of para-hydroxylation sites is 2. The zero-order chi connectivity index (χ0) is 17.6. The van der Waals surface area contributed by atoms with Crippen molar-refractivity contribution in [1.82, 2.24) is 5.32 Å². The average Bonchev–Trinajstić information content (AvgIpc) is 2.65. The van der Waals surface area contributed by atoms with Gasteiger partial charge in [0.2, 0.25) is 0 Å². The van der Waals surface area contributed by atoms with Gasteiger partial charge in [-0.3, -0.25) is 4.79 Å². The van der Waals surface area contributed by atoms with E-state index in [4.69, 9.17) is 14.2 Å². The third-order valence-electron chi connectivity index (χ3n) is 3.83. The van der Waals surface area contributed by atoms with Crippen LogP contribution >= 0.6 is 0 Å². The fourth-order valence-electron chi connectivity index (χ4n) is 2.49. The maximum Gasteiger partial charge on any atom is 0.261 e. The molecule has 0 saturated heterocycles. The van der Waals surface area contributed by atoms with Crippen LogP contribution in [-0.2, 0) is 4.79 Å². The summed E-state index contributed by atoms with van der Waals surface area (Å²) in [5.74, 6) is 1.24. The Hall–Kier alpha value is -2.76. The summed E-state index contributed by atoms with van der Waals surface area (Å²) >= 11 is 0. The highest BCUT2D eigenvalue weighted by Gasteiger charge is 2.24. The molecule has 2 aromatic rings. The predicted molar refractivity (Wildman–Crippen MR) is 90.5 cm³/mol. The molecule has 1 aliphatic rings. The number of fused-ring (bicyclic) bond motifs is 1. The Morgan fingerprint density at radius 2 is 1.96 bits per heavy atom. The zero-order valence-electron chi connectivity index (χ0n) is 13.9. The van der Waals surface area contributed by atoms with Crippen molar-refractivity contribution >= 4 is 5.91 Å². The topological polar surface area (TPSA) is 56.8 Å². The Morgan fingerprint density at radius 1 is 1.24 bits per heavy atom. The number of benzene rings is 2. The number of ether oxygens (including phenoxy) is 3. The van der Waals surface area contributed by atoms with E-state index in [1.807, 2.05) is 31.2 Å². The number of rotatable bonds is 6. The molecular formula is C19H20FNO4. The minimum absolute atomic E-state index is 0.241. The Kier molecular flexibility index (Phi) is 5.38. The smallest absolute Gasteiger partial charge is 0.261 e. The summed E-state index contributed by atoms with van der Waals surface area (Å²) in [6.45, 7) is 2.54. The van der Waals surface area contributed by atoms with E-state index in [2.05, 4.69) is 5.32 Å². The van der Waals surface area contributed by atoms with Crippen LogP contribution in [0.25, 0.3) is 0 Å². The van der Waals surface area contributed by atoms with Crippen molar-refractivity contribution in [3.8, 4) is 17.2 Å². The van der Waals surface area contributed by atoms with Gasteiger partial charge in [-0.2, -0.15) is 0 Å². The quantitative estimate of drug-likeness (QED) is 0.875. The summed E-state index contributed by atoms with van der Waals surface area (Å²) in [5.41, 5.74) is 0. The van der Waals surface area contributed by atoms with E-state index >= 15 is 0 Å². The fourth-order valence-corrected chi connectivity index (χ4v) is 2.49. The Morgan fingerprint density at radius 3 is 2.68 bits per heavy atom. The molecule has 1 amide bonds. The molecule has 3 rings (SSSR count). The zero-order valence-corrected chi connectivity index (χ0v) is 13.9. The Labute approximate surface area is 145 Å². The first-order valence-corrected chi connectivity index (χ1v) is 8.24. The van der Waals surface area contributed by atoms with Gasteiger partial charge in [-0.15, -0.1) is 0 Å². The van der Waals surface area contributed by atoms with Crippen LogP contribution in [0.5, 0.6) is 17.2 Å². The first-order valence-electron chi connectivity index (χ1n) is 8.24. The number of hydrogen-bond acceptors (Lipinski definition) is 4. The summed E-state index contributed by atoms with van der Waals surface area (Å²) in [7, 11) is 0. The summed E-state index contributed by atoms with van der Waals surface area (Å²) in [4.78, 5) is 12.3. The molecule has 0 bridgehead atoms. The van der Waals surface area contributed by atoms with E-state index < -0.39 is 6.10 Å². The van der Waals surface area contributed by atoms with Gasteiger partial charge in [-0.05, 0) is 42.8 Å². The van der Waals surface area contributed by atoms with Crippen molar-refractivity contribution in [1.29, 1.82) is 0 Å². The van der Waals surface area contributed by atoms with Crippen LogP contribution in [0, 0.1) is 5.82 Å². The molecule has 2 aromatic carbocycles. The van der Waals surface area contributed by atoms with Gasteiger partial charge in [0.1, 0.15) is 24.3 Å². The SMILES string of the molecule is CC[C@H](Oc1ccc(F)cc1)C(=O)NC[C@H]1COc2ccccc2O1. The monoisotopic (exact) mass is 345 g/mol. The van der Waals surface area contributed by atoms with Gasteiger partial charge >= 0.3 is 0 Å². The van der Waals surface area contributed by atoms with Crippen LogP contribution < -0.4 is 19.5 Å². The highest BCUT2D eigenvalue weighted by molar-refractivity contribution is 5.81. The average molecular weight is 345 g/mol. The molecule has 132 valence electrons. The normalized spacial score (nSPS) is 16.8. The van der Waals surface area contributed by atoms with Crippen LogP contribution in [-0.4, -0.2) is 31.3 Å². The molecular weight excluding hydrogens is 325 g/mol. The van der Waals surface area contributed by atoms with Gasteiger partial charge in [-0.25, -0.2) is 4.39 Å². The van der Waals surface area contributed by atoms with Crippen LogP contribution in [0.15, 0.2) is 48.5 Å². The van der Waals surface area contributed by atoms with E-state index in [-0.39, 0.29) is 17.8 Å². The van der Waals surface area contributed by atoms with E-state index in [9.17, 15) is 9.18 Å². The van der Waals surface area contributed by atoms with Gasteiger partial charge in [-0.1, -0.05) is 19.1 Å². The van der Waals surface area contributed by atoms with Crippen molar-refractivity contribution in [3.05, 3.63) is 54.3 Å². The number of carbonyl (C=O) groups is 1. The van der Waals surface area contributed by atoms with Gasteiger partial charge in [0.25, 0.3) is 5.91 Å². The molecule has 0 saturated carbocycles. The van der Waals surface area contributed by atoms with Crippen LogP contribution in [0.2, 0.25) is 0 Å². The molecule has 0 spiro atoms. The predicted octanol–water partition coefficient (Wildman–Crippen LogP) is 2.94. The second kappa shape index (κ2) is 7.88. The standard InChI is InChI=1S/C19H20FNO4/c1-2-16(24-14-9-7-13(20)8-10-14)19(22)21-11-15-12-23-17-5-3-4-6-18(17)25-15/h3-10,15-16H,2,11-12H2,1H3,(H,21,22)/t15-,16-/m0/s1. The molecule has 0 unspecified atom stereocenters. The van der Waals surface area contributed by atoms with E-state index in [1.165, 1.54) is 24.3 Å². The lowest BCUT2D eigenvalue weighted by Gasteiger charge is -2.27. The second-order valence-electron chi connectivity index (χ2n) is 5.71. The number of amides is 1. The molecule has 0 aliphatic carbocycles. The first kappa shape index (κ1) is 17.1. The highest BCUT2D eigenvalue weighted by atomic mass is 19.1. The van der Waals surface area contributed by atoms with Gasteiger partial charge in [0, 0.05) is 0 Å². The number of halogens is 1. The number of nitrogens with one attached hydrogen (secondary N) is 1. The summed E-state index contributed by atoms with van der Waals surface area (Å²) in [6.07, 6.45) is -0.418. The second-order valence-corrected chi connectivity index (χ2v) is 5.71. The molecule has 0 aromatic heterocycles. The molecule has 25 heavy (non-hydrogen) atoms. The Balaban J connectivity index is 1.52. The van der Waals surface area contributed by atoms with E-state index in [1.54, 1.807) is 0 Å². The molecule has 1 aliphatic heterocycles. The molecule has 1 N–H and O–H groups in total. The summed E-state index contributed by atoms with van der Waals surface area (Å²) < 4.78 is 30.0. The highest BCUT2D eigenvalue weighted by Crippen LogP contribution is 2.30. The summed E-state index contributed by atoms with van der Waals surface area (Å²) in [5, 5.41) is 2.82. The third kappa shape index (κ3) is 4.41. The third-order valence-corrected chi connectivity index (χ3v) is 3.83. The maximum atomic E-state index is 12.9. The summed E-state index contributed by atoms with van der Waals surface area (Å²) in [6, 6.07) is 13.0.